The third kappa shape index (κ3) is 3.24. The molecule has 3 rings (SSSR count). The van der Waals surface area contributed by atoms with Gasteiger partial charge in [0.25, 0.3) is 0 Å². The van der Waals surface area contributed by atoms with E-state index < -0.39 is 0 Å². The molecule has 1 N–H and O–H groups in total. The first-order chi connectivity index (χ1) is 9.86. The van der Waals surface area contributed by atoms with Crippen LogP contribution in [0.5, 0.6) is 0 Å². The molecule has 2 nitrogen and oxygen atoms in total. The zero-order valence-electron chi connectivity index (χ0n) is 12.6. The summed E-state index contributed by atoms with van der Waals surface area (Å²) >= 11 is 0. The highest BCUT2D eigenvalue weighted by molar-refractivity contribution is 5.30. The van der Waals surface area contributed by atoms with Gasteiger partial charge < -0.3 is 10.1 Å². The Morgan fingerprint density at radius 1 is 1.25 bits per heavy atom. The maximum Gasteiger partial charge on any atom is 0.0830 e. The molecule has 1 aromatic carbocycles. The number of ether oxygens (including phenoxy) is 1. The van der Waals surface area contributed by atoms with E-state index in [4.69, 9.17) is 4.74 Å². The molecule has 0 spiro atoms. The number of rotatable bonds is 4. The minimum atomic E-state index is 0.338. The summed E-state index contributed by atoms with van der Waals surface area (Å²) in [5.41, 5.74) is 2.95. The fourth-order valence-corrected chi connectivity index (χ4v) is 3.95. The molecule has 2 heteroatoms. The van der Waals surface area contributed by atoms with Gasteiger partial charge in [0.2, 0.25) is 0 Å². The van der Waals surface area contributed by atoms with Gasteiger partial charge in [-0.1, -0.05) is 44.0 Å². The summed E-state index contributed by atoms with van der Waals surface area (Å²) in [5, 5.41) is 3.63. The molecule has 110 valence electrons. The Morgan fingerprint density at radius 2 is 2.15 bits per heavy atom. The molecule has 3 unspecified atom stereocenters. The van der Waals surface area contributed by atoms with Crippen LogP contribution in [0.3, 0.4) is 0 Å². The normalized spacial score (nSPS) is 29.9. The van der Waals surface area contributed by atoms with Crippen molar-refractivity contribution in [2.24, 2.45) is 5.92 Å². The molecule has 0 aromatic heterocycles. The van der Waals surface area contributed by atoms with Gasteiger partial charge in [-0.25, -0.2) is 0 Å². The summed E-state index contributed by atoms with van der Waals surface area (Å²) in [4.78, 5) is 0. The second-order valence-electron chi connectivity index (χ2n) is 6.33. The quantitative estimate of drug-likeness (QED) is 0.899. The number of nitrogens with one attached hydrogen (secondary N) is 1. The zero-order chi connectivity index (χ0) is 13.8. The molecular formula is C18H27NO. The lowest BCUT2D eigenvalue weighted by molar-refractivity contribution is 0.0197. The van der Waals surface area contributed by atoms with Gasteiger partial charge >= 0.3 is 0 Å². The first-order valence-electron chi connectivity index (χ1n) is 8.29. The first kappa shape index (κ1) is 14.1. The Morgan fingerprint density at radius 3 is 3.05 bits per heavy atom. The lowest BCUT2D eigenvalue weighted by Gasteiger charge is -2.34. The summed E-state index contributed by atoms with van der Waals surface area (Å²) < 4.78 is 6.08. The van der Waals surface area contributed by atoms with Gasteiger partial charge in [-0.3, -0.25) is 0 Å². The number of hydrogen-bond donors (Lipinski definition) is 1. The van der Waals surface area contributed by atoms with Crippen LogP contribution >= 0.6 is 0 Å². The fourth-order valence-electron chi connectivity index (χ4n) is 3.95. The zero-order valence-corrected chi connectivity index (χ0v) is 12.6. The smallest absolute Gasteiger partial charge is 0.0830 e. The van der Waals surface area contributed by atoms with Crippen LogP contribution in [0, 0.1) is 5.92 Å². The van der Waals surface area contributed by atoms with E-state index in [1.54, 1.807) is 0 Å². The van der Waals surface area contributed by atoms with Crippen molar-refractivity contribution in [1.82, 2.24) is 5.32 Å². The molecule has 0 saturated heterocycles. The summed E-state index contributed by atoms with van der Waals surface area (Å²) in [6, 6.07) is 9.58. The van der Waals surface area contributed by atoms with Crippen molar-refractivity contribution in [3.63, 3.8) is 0 Å². The topological polar surface area (TPSA) is 21.3 Å². The Labute approximate surface area is 122 Å². The molecule has 2 aliphatic rings. The minimum absolute atomic E-state index is 0.338. The number of fused-ring (bicyclic) bond motifs is 1. The highest BCUT2D eigenvalue weighted by atomic mass is 16.5. The van der Waals surface area contributed by atoms with E-state index >= 15 is 0 Å². The predicted molar refractivity (Wildman–Crippen MR) is 82.9 cm³/mol. The molecule has 1 saturated carbocycles. The maximum absolute atomic E-state index is 6.08. The van der Waals surface area contributed by atoms with Crippen molar-refractivity contribution < 1.29 is 4.74 Å². The third-order valence-electron chi connectivity index (χ3n) is 4.92. The van der Waals surface area contributed by atoms with Crippen LogP contribution in [-0.2, 0) is 11.2 Å². The Balaban J connectivity index is 1.63. The second-order valence-corrected chi connectivity index (χ2v) is 6.33. The Kier molecular flexibility index (Phi) is 4.74. The summed E-state index contributed by atoms with van der Waals surface area (Å²) in [5.74, 6) is 0.823. The van der Waals surface area contributed by atoms with Crippen LogP contribution in [0.1, 0.15) is 56.3 Å². The fraction of sp³-hybridized carbons (Fsp3) is 0.667. The van der Waals surface area contributed by atoms with Gasteiger partial charge in [-0.2, -0.15) is 0 Å². The number of benzene rings is 1. The van der Waals surface area contributed by atoms with E-state index in [1.165, 1.54) is 43.2 Å². The minimum Gasteiger partial charge on any atom is -0.373 e. The molecule has 0 bridgehead atoms. The standard InChI is InChI=1S/C18H27NO/c1-2-19-16-8-5-6-14(12-16)13-18-17-9-4-3-7-15(17)10-11-20-18/h3-4,7,9,14,16,18-19H,2,5-6,8,10-13H2,1H3. The summed E-state index contributed by atoms with van der Waals surface area (Å²) in [6.45, 7) is 4.20. The second kappa shape index (κ2) is 6.73. The molecule has 0 radical (unpaired) electrons. The van der Waals surface area contributed by atoms with Gasteiger partial charge in [0.15, 0.2) is 0 Å². The van der Waals surface area contributed by atoms with Crippen LogP contribution in [0.25, 0.3) is 0 Å². The van der Waals surface area contributed by atoms with Gasteiger partial charge in [0.05, 0.1) is 12.7 Å². The molecular weight excluding hydrogens is 246 g/mol. The number of hydrogen-bond acceptors (Lipinski definition) is 2. The molecule has 0 amide bonds. The van der Waals surface area contributed by atoms with Crippen LogP contribution < -0.4 is 5.32 Å². The highest BCUT2D eigenvalue weighted by Crippen LogP contribution is 2.36. The van der Waals surface area contributed by atoms with E-state index in [2.05, 4.69) is 36.5 Å². The van der Waals surface area contributed by atoms with Gasteiger partial charge in [-0.15, -0.1) is 0 Å². The lowest BCUT2D eigenvalue weighted by atomic mass is 9.80. The van der Waals surface area contributed by atoms with Crippen molar-refractivity contribution in [1.29, 1.82) is 0 Å². The van der Waals surface area contributed by atoms with Gasteiger partial charge in [-0.05, 0) is 49.3 Å². The molecule has 1 heterocycles. The van der Waals surface area contributed by atoms with Crippen LogP contribution in [0.15, 0.2) is 24.3 Å². The van der Waals surface area contributed by atoms with Gasteiger partial charge in [0, 0.05) is 6.04 Å². The molecule has 1 aliphatic carbocycles. The average molecular weight is 273 g/mol. The van der Waals surface area contributed by atoms with Crippen LogP contribution in [-0.4, -0.2) is 19.2 Å². The lowest BCUT2D eigenvalue weighted by Crippen LogP contribution is -2.34. The largest absolute Gasteiger partial charge is 0.373 e. The van der Waals surface area contributed by atoms with E-state index in [1.807, 2.05) is 0 Å². The summed E-state index contributed by atoms with van der Waals surface area (Å²) in [6.07, 6.45) is 8.06. The predicted octanol–water partition coefficient (Wildman–Crippen LogP) is 3.86. The molecule has 1 aliphatic heterocycles. The van der Waals surface area contributed by atoms with Gasteiger partial charge in [0.1, 0.15) is 0 Å². The maximum atomic E-state index is 6.08. The van der Waals surface area contributed by atoms with E-state index in [9.17, 15) is 0 Å². The van der Waals surface area contributed by atoms with Crippen LogP contribution in [0.4, 0.5) is 0 Å². The van der Waals surface area contributed by atoms with E-state index in [0.717, 1.165) is 31.5 Å². The SMILES string of the molecule is CCNC1CCCC(CC2OCCc3ccccc32)C1. The van der Waals surface area contributed by atoms with E-state index in [0.29, 0.717) is 6.10 Å². The molecule has 1 aromatic rings. The Bertz CT molecular complexity index is 429. The molecule has 20 heavy (non-hydrogen) atoms. The Hall–Kier alpha value is -0.860. The van der Waals surface area contributed by atoms with Crippen molar-refractivity contribution in [2.75, 3.05) is 13.2 Å². The monoisotopic (exact) mass is 273 g/mol. The highest BCUT2D eigenvalue weighted by Gasteiger charge is 2.27. The third-order valence-corrected chi connectivity index (χ3v) is 4.92. The first-order valence-corrected chi connectivity index (χ1v) is 8.29. The average Bonchev–Trinajstić information content (AvgIpc) is 2.48. The van der Waals surface area contributed by atoms with Crippen LogP contribution in [0.2, 0.25) is 0 Å². The summed E-state index contributed by atoms with van der Waals surface area (Å²) in [7, 11) is 0. The van der Waals surface area contributed by atoms with Crippen molar-refractivity contribution in [3.05, 3.63) is 35.4 Å². The van der Waals surface area contributed by atoms with Crippen molar-refractivity contribution in [2.45, 2.75) is 57.6 Å². The van der Waals surface area contributed by atoms with E-state index in [-0.39, 0.29) is 0 Å². The van der Waals surface area contributed by atoms with Crippen molar-refractivity contribution >= 4 is 0 Å². The molecule has 3 atom stereocenters. The molecule has 1 fully saturated rings. The van der Waals surface area contributed by atoms with Crippen molar-refractivity contribution in [3.8, 4) is 0 Å².